The largest absolute Gasteiger partial charge is 0.393 e. The third kappa shape index (κ3) is 2.17. The maximum Gasteiger partial charge on any atom is 0.0540 e. The van der Waals surface area contributed by atoms with Gasteiger partial charge in [-0.3, -0.25) is 0 Å². The van der Waals surface area contributed by atoms with E-state index in [0.29, 0.717) is 11.8 Å². The first-order chi connectivity index (χ1) is 5.11. The number of rotatable bonds is 2. The van der Waals surface area contributed by atoms with Gasteiger partial charge in [0.05, 0.1) is 12.2 Å². The van der Waals surface area contributed by atoms with Gasteiger partial charge < -0.3 is 10.2 Å². The van der Waals surface area contributed by atoms with Crippen LogP contribution in [0, 0.1) is 11.8 Å². The molecule has 1 saturated carbocycles. The summed E-state index contributed by atoms with van der Waals surface area (Å²) < 4.78 is 0. The predicted octanol–water partition coefficient (Wildman–Crippen LogP) is 1.16. The van der Waals surface area contributed by atoms with E-state index in [1.807, 2.05) is 13.8 Å². The minimum absolute atomic E-state index is 0.196. The molecule has 0 aromatic carbocycles. The summed E-state index contributed by atoms with van der Waals surface area (Å²) in [5.74, 6) is 0.851. The zero-order valence-corrected chi connectivity index (χ0v) is 7.33. The maximum atomic E-state index is 9.27. The van der Waals surface area contributed by atoms with Gasteiger partial charge in [0.1, 0.15) is 0 Å². The number of aliphatic hydroxyl groups excluding tert-OH is 2. The fourth-order valence-electron chi connectivity index (χ4n) is 1.93. The van der Waals surface area contributed by atoms with Crippen LogP contribution in [0.25, 0.3) is 0 Å². The second-order valence-corrected chi connectivity index (χ2v) is 3.81. The molecule has 1 aliphatic rings. The van der Waals surface area contributed by atoms with Crippen LogP contribution in [0.2, 0.25) is 0 Å². The van der Waals surface area contributed by atoms with Crippen molar-refractivity contribution in [2.45, 2.75) is 45.3 Å². The quantitative estimate of drug-likeness (QED) is 0.633. The lowest BCUT2D eigenvalue weighted by Crippen LogP contribution is -2.17. The molecule has 0 spiro atoms. The molecular weight excluding hydrogens is 140 g/mol. The Morgan fingerprint density at radius 2 is 1.36 bits per heavy atom. The number of aliphatic hydroxyl groups is 2. The molecule has 0 radical (unpaired) electrons. The zero-order valence-electron chi connectivity index (χ0n) is 7.33. The molecule has 2 heteroatoms. The monoisotopic (exact) mass is 158 g/mol. The van der Waals surface area contributed by atoms with Gasteiger partial charge >= 0.3 is 0 Å². The Morgan fingerprint density at radius 3 is 1.55 bits per heavy atom. The average molecular weight is 158 g/mol. The zero-order chi connectivity index (χ0) is 8.43. The van der Waals surface area contributed by atoms with Gasteiger partial charge in [0.25, 0.3) is 0 Å². The van der Waals surface area contributed by atoms with Crippen molar-refractivity contribution in [3.05, 3.63) is 0 Å². The number of hydrogen-bond donors (Lipinski definition) is 2. The van der Waals surface area contributed by atoms with Gasteiger partial charge in [0.2, 0.25) is 0 Å². The molecule has 1 aliphatic carbocycles. The highest BCUT2D eigenvalue weighted by Crippen LogP contribution is 2.34. The highest BCUT2D eigenvalue weighted by atomic mass is 16.3. The highest BCUT2D eigenvalue weighted by Gasteiger charge is 2.29. The van der Waals surface area contributed by atoms with Gasteiger partial charge in [-0.1, -0.05) is 0 Å². The molecule has 0 heterocycles. The third-order valence-electron chi connectivity index (χ3n) is 2.88. The van der Waals surface area contributed by atoms with Crippen molar-refractivity contribution in [2.75, 3.05) is 0 Å². The van der Waals surface area contributed by atoms with Crippen LogP contribution >= 0.6 is 0 Å². The summed E-state index contributed by atoms with van der Waals surface area (Å²) in [5, 5.41) is 18.5. The van der Waals surface area contributed by atoms with Gasteiger partial charge in [-0.25, -0.2) is 0 Å². The van der Waals surface area contributed by atoms with Crippen LogP contribution in [0.3, 0.4) is 0 Å². The van der Waals surface area contributed by atoms with Crippen LogP contribution in [-0.4, -0.2) is 22.4 Å². The van der Waals surface area contributed by atoms with Gasteiger partial charge in [0.15, 0.2) is 0 Å². The Morgan fingerprint density at radius 1 is 1.00 bits per heavy atom. The van der Waals surface area contributed by atoms with E-state index in [-0.39, 0.29) is 12.2 Å². The Kier molecular flexibility index (Phi) is 2.90. The minimum atomic E-state index is -0.196. The van der Waals surface area contributed by atoms with Crippen molar-refractivity contribution in [3.8, 4) is 0 Å². The molecule has 2 N–H and O–H groups in total. The van der Waals surface area contributed by atoms with E-state index in [2.05, 4.69) is 0 Å². The van der Waals surface area contributed by atoms with Crippen molar-refractivity contribution in [1.29, 1.82) is 0 Å². The van der Waals surface area contributed by atoms with Gasteiger partial charge in [-0.15, -0.1) is 0 Å². The van der Waals surface area contributed by atoms with E-state index in [0.717, 1.165) is 19.3 Å². The summed E-state index contributed by atoms with van der Waals surface area (Å²) in [6.45, 7) is 3.68. The first-order valence-electron chi connectivity index (χ1n) is 4.47. The average Bonchev–Trinajstić information content (AvgIpc) is 2.33. The Hall–Kier alpha value is -0.0800. The molecule has 1 fully saturated rings. The van der Waals surface area contributed by atoms with E-state index in [1.54, 1.807) is 0 Å². The van der Waals surface area contributed by atoms with Crippen molar-refractivity contribution in [1.82, 2.24) is 0 Å². The standard InChI is InChI=1S/C9H18O2/c1-6(10)8-3-4-9(5-8)7(2)11/h6-11H,3-5H2,1-2H3. The fourth-order valence-corrected chi connectivity index (χ4v) is 1.93. The lowest BCUT2D eigenvalue weighted by Gasteiger charge is -2.15. The van der Waals surface area contributed by atoms with Crippen molar-refractivity contribution < 1.29 is 10.2 Å². The number of hydrogen-bond acceptors (Lipinski definition) is 2. The molecule has 0 amide bonds. The first-order valence-corrected chi connectivity index (χ1v) is 4.47. The molecule has 2 nitrogen and oxygen atoms in total. The van der Waals surface area contributed by atoms with Crippen LogP contribution in [0.15, 0.2) is 0 Å². The van der Waals surface area contributed by atoms with E-state index < -0.39 is 0 Å². The third-order valence-corrected chi connectivity index (χ3v) is 2.88. The Labute approximate surface area is 68.2 Å². The van der Waals surface area contributed by atoms with Crippen LogP contribution < -0.4 is 0 Å². The van der Waals surface area contributed by atoms with Crippen molar-refractivity contribution in [2.24, 2.45) is 11.8 Å². The Balaban J connectivity index is 2.35. The first kappa shape index (κ1) is 9.01. The van der Waals surface area contributed by atoms with Gasteiger partial charge in [0, 0.05) is 0 Å². The van der Waals surface area contributed by atoms with Crippen LogP contribution in [-0.2, 0) is 0 Å². The Bertz CT molecular complexity index is 107. The van der Waals surface area contributed by atoms with Crippen LogP contribution in [0.5, 0.6) is 0 Å². The highest BCUT2D eigenvalue weighted by molar-refractivity contribution is 4.80. The fraction of sp³-hybridized carbons (Fsp3) is 1.00. The van der Waals surface area contributed by atoms with Crippen molar-refractivity contribution in [3.63, 3.8) is 0 Å². The van der Waals surface area contributed by atoms with Crippen LogP contribution in [0.1, 0.15) is 33.1 Å². The maximum absolute atomic E-state index is 9.27. The molecule has 4 unspecified atom stereocenters. The summed E-state index contributed by atoms with van der Waals surface area (Å²) in [7, 11) is 0. The molecule has 0 aromatic rings. The molecule has 0 bridgehead atoms. The normalized spacial score (nSPS) is 37.1. The summed E-state index contributed by atoms with van der Waals surface area (Å²) in [4.78, 5) is 0. The van der Waals surface area contributed by atoms with E-state index in [4.69, 9.17) is 0 Å². The van der Waals surface area contributed by atoms with Gasteiger partial charge in [-0.2, -0.15) is 0 Å². The molecule has 66 valence electrons. The smallest absolute Gasteiger partial charge is 0.0540 e. The van der Waals surface area contributed by atoms with Crippen LogP contribution in [0.4, 0.5) is 0 Å². The molecule has 1 rings (SSSR count). The molecule has 11 heavy (non-hydrogen) atoms. The molecular formula is C9H18O2. The second kappa shape index (κ2) is 3.55. The lowest BCUT2D eigenvalue weighted by atomic mass is 9.98. The summed E-state index contributed by atoms with van der Waals surface area (Å²) >= 11 is 0. The molecule has 0 aromatic heterocycles. The summed E-state index contributed by atoms with van der Waals surface area (Å²) in [6.07, 6.45) is 2.76. The minimum Gasteiger partial charge on any atom is -0.393 e. The molecule has 0 saturated heterocycles. The predicted molar refractivity (Wildman–Crippen MR) is 44.2 cm³/mol. The summed E-state index contributed by atoms with van der Waals surface area (Å²) in [6, 6.07) is 0. The molecule has 4 atom stereocenters. The van der Waals surface area contributed by atoms with Crippen molar-refractivity contribution >= 4 is 0 Å². The van der Waals surface area contributed by atoms with E-state index in [1.165, 1.54) is 0 Å². The van der Waals surface area contributed by atoms with E-state index in [9.17, 15) is 10.2 Å². The second-order valence-electron chi connectivity index (χ2n) is 3.81. The summed E-state index contributed by atoms with van der Waals surface area (Å²) in [5.41, 5.74) is 0. The van der Waals surface area contributed by atoms with Gasteiger partial charge in [-0.05, 0) is 44.9 Å². The SMILES string of the molecule is CC(O)C1CCC(C(C)O)C1. The lowest BCUT2D eigenvalue weighted by molar-refractivity contribution is 0.102. The molecule has 0 aliphatic heterocycles. The topological polar surface area (TPSA) is 40.5 Å². The van der Waals surface area contributed by atoms with E-state index >= 15 is 0 Å².